The Morgan fingerprint density at radius 2 is 2.09 bits per heavy atom. The van der Waals surface area contributed by atoms with Crippen molar-refractivity contribution in [3.8, 4) is 0 Å². The summed E-state index contributed by atoms with van der Waals surface area (Å²) >= 11 is 6.96. The van der Waals surface area contributed by atoms with Crippen molar-refractivity contribution in [2.24, 2.45) is 0 Å². The molecule has 1 aromatic heterocycles. The van der Waals surface area contributed by atoms with Crippen LogP contribution < -0.4 is 10.6 Å². The molecule has 6 heteroatoms. The Hall–Kier alpha value is -1.92. The SMILES string of the molecule is COC(=O)c1c(NC(=S)NCc2ccccc2)sc2c1CCC2. The fourth-order valence-corrected chi connectivity index (χ4v) is 4.26. The third-order valence-electron chi connectivity index (χ3n) is 3.83. The highest BCUT2D eigenvalue weighted by atomic mass is 32.1. The van der Waals surface area contributed by atoms with Gasteiger partial charge < -0.3 is 15.4 Å². The molecule has 23 heavy (non-hydrogen) atoms. The van der Waals surface area contributed by atoms with Crippen LogP contribution in [0.15, 0.2) is 30.3 Å². The predicted octanol–water partition coefficient (Wildman–Crippen LogP) is 3.51. The molecule has 4 nitrogen and oxygen atoms in total. The third-order valence-corrected chi connectivity index (χ3v) is 5.29. The van der Waals surface area contributed by atoms with Crippen molar-refractivity contribution in [3.63, 3.8) is 0 Å². The van der Waals surface area contributed by atoms with Crippen LogP contribution in [0.4, 0.5) is 5.00 Å². The van der Waals surface area contributed by atoms with E-state index in [4.69, 9.17) is 17.0 Å². The lowest BCUT2D eigenvalue weighted by molar-refractivity contribution is 0.0601. The van der Waals surface area contributed by atoms with Gasteiger partial charge in [-0.05, 0) is 42.6 Å². The number of carbonyl (C=O) groups is 1. The van der Waals surface area contributed by atoms with E-state index >= 15 is 0 Å². The van der Waals surface area contributed by atoms with E-state index in [9.17, 15) is 4.79 Å². The van der Waals surface area contributed by atoms with E-state index in [2.05, 4.69) is 10.6 Å². The van der Waals surface area contributed by atoms with Crippen molar-refractivity contribution < 1.29 is 9.53 Å². The van der Waals surface area contributed by atoms with Gasteiger partial charge in [-0.1, -0.05) is 30.3 Å². The molecule has 2 N–H and O–H groups in total. The average molecular weight is 346 g/mol. The van der Waals surface area contributed by atoms with Crippen LogP contribution in [0.1, 0.15) is 32.8 Å². The summed E-state index contributed by atoms with van der Waals surface area (Å²) in [4.78, 5) is 13.4. The van der Waals surface area contributed by atoms with Gasteiger partial charge in [0.05, 0.1) is 12.7 Å². The Bertz CT molecular complexity index is 726. The first-order valence-corrected chi connectivity index (χ1v) is 8.73. The molecule has 1 heterocycles. The molecule has 1 aromatic carbocycles. The number of hydrogen-bond acceptors (Lipinski definition) is 4. The van der Waals surface area contributed by atoms with E-state index in [0.717, 1.165) is 35.4 Å². The summed E-state index contributed by atoms with van der Waals surface area (Å²) in [6.07, 6.45) is 3.06. The van der Waals surface area contributed by atoms with E-state index in [-0.39, 0.29) is 5.97 Å². The van der Waals surface area contributed by atoms with Gasteiger partial charge in [-0.15, -0.1) is 11.3 Å². The lowest BCUT2D eigenvalue weighted by Crippen LogP contribution is -2.28. The van der Waals surface area contributed by atoms with Crippen LogP contribution in [-0.2, 0) is 24.1 Å². The second-order valence-electron chi connectivity index (χ2n) is 5.35. The number of thiocarbonyl (C=S) groups is 1. The van der Waals surface area contributed by atoms with Crippen molar-refractivity contribution in [2.75, 3.05) is 12.4 Å². The second kappa shape index (κ2) is 7.10. The molecule has 0 atom stereocenters. The minimum absolute atomic E-state index is 0.294. The normalized spacial score (nSPS) is 12.6. The number of aryl methyl sites for hydroxylation is 1. The maximum atomic E-state index is 12.1. The van der Waals surface area contributed by atoms with Crippen molar-refractivity contribution in [1.82, 2.24) is 5.32 Å². The standard InChI is InChI=1S/C17H18N2O2S2/c1-21-16(20)14-12-8-5-9-13(12)23-15(14)19-17(22)18-10-11-6-3-2-4-7-11/h2-4,6-7H,5,8-10H2,1H3,(H2,18,19,22). The highest BCUT2D eigenvalue weighted by Crippen LogP contribution is 2.39. The summed E-state index contributed by atoms with van der Waals surface area (Å²) in [6.45, 7) is 0.644. The lowest BCUT2D eigenvalue weighted by atomic mass is 10.1. The van der Waals surface area contributed by atoms with Crippen molar-refractivity contribution in [1.29, 1.82) is 0 Å². The molecule has 0 bridgehead atoms. The highest BCUT2D eigenvalue weighted by molar-refractivity contribution is 7.80. The molecule has 0 aliphatic heterocycles. The Labute approximate surface area is 144 Å². The number of anilines is 1. The van der Waals surface area contributed by atoms with Crippen LogP contribution in [0.5, 0.6) is 0 Å². The smallest absolute Gasteiger partial charge is 0.341 e. The molecule has 0 unspecified atom stereocenters. The van der Waals surface area contributed by atoms with Gasteiger partial charge in [0.15, 0.2) is 5.11 Å². The van der Waals surface area contributed by atoms with E-state index in [0.29, 0.717) is 17.2 Å². The van der Waals surface area contributed by atoms with E-state index in [1.54, 1.807) is 11.3 Å². The number of esters is 1. The minimum atomic E-state index is -0.294. The summed E-state index contributed by atoms with van der Waals surface area (Å²) in [5.74, 6) is -0.294. The molecule has 1 aliphatic rings. The van der Waals surface area contributed by atoms with Gasteiger partial charge in [0.25, 0.3) is 0 Å². The van der Waals surface area contributed by atoms with Gasteiger partial charge in [-0.25, -0.2) is 4.79 Å². The molecule has 0 amide bonds. The number of carbonyl (C=O) groups excluding carboxylic acids is 1. The minimum Gasteiger partial charge on any atom is -0.465 e. The van der Waals surface area contributed by atoms with Crippen molar-refractivity contribution >= 4 is 39.6 Å². The van der Waals surface area contributed by atoms with Crippen LogP contribution in [-0.4, -0.2) is 18.2 Å². The van der Waals surface area contributed by atoms with Crippen LogP contribution in [0.3, 0.4) is 0 Å². The molecule has 1 aliphatic carbocycles. The Balaban J connectivity index is 1.70. The molecule has 0 spiro atoms. The first-order chi connectivity index (χ1) is 11.2. The van der Waals surface area contributed by atoms with Crippen LogP contribution in [0.2, 0.25) is 0 Å². The number of methoxy groups -OCH3 is 1. The number of benzene rings is 1. The maximum absolute atomic E-state index is 12.1. The largest absolute Gasteiger partial charge is 0.465 e. The summed E-state index contributed by atoms with van der Waals surface area (Å²) in [5.41, 5.74) is 2.92. The van der Waals surface area contributed by atoms with Crippen molar-refractivity contribution in [2.45, 2.75) is 25.8 Å². The lowest BCUT2D eigenvalue weighted by Gasteiger charge is -2.11. The summed E-state index contributed by atoms with van der Waals surface area (Å²) in [6, 6.07) is 10.0. The molecule has 0 saturated carbocycles. The number of thiophene rings is 1. The number of hydrogen-bond donors (Lipinski definition) is 2. The molecule has 0 radical (unpaired) electrons. The monoisotopic (exact) mass is 346 g/mol. The van der Waals surface area contributed by atoms with Gasteiger partial charge >= 0.3 is 5.97 Å². The fraction of sp³-hybridized carbons (Fsp3) is 0.294. The van der Waals surface area contributed by atoms with Crippen LogP contribution in [0, 0.1) is 0 Å². The van der Waals surface area contributed by atoms with Gasteiger partial charge in [0.1, 0.15) is 5.00 Å². The van der Waals surface area contributed by atoms with Crippen LogP contribution in [0.25, 0.3) is 0 Å². The first kappa shape index (κ1) is 16.0. The Kier molecular flexibility index (Phi) is 4.93. The predicted molar refractivity (Wildman–Crippen MR) is 97.2 cm³/mol. The summed E-state index contributed by atoms with van der Waals surface area (Å²) < 4.78 is 4.94. The maximum Gasteiger partial charge on any atom is 0.341 e. The van der Waals surface area contributed by atoms with Gasteiger partial charge in [0.2, 0.25) is 0 Å². The Morgan fingerprint density at radius 3 is 2.83 bits per heavy atom. The molecule has 0 fully saturated rings. The number of ether oxygens (including phenoxy) is 1. The van der Waals surface area contributed by atoms with E-state index < -0.39 is 0 Å². The van der Waals surface area contributed by atoms with E-state index in [1.807, 2.05) is 30.3 Å². The van der Waals surface area contributed by atoms with Gasteiger partial charge in [0, 0.05) is 11.4 Å². The zero-order valence-corrected chi connectivity index (χ0v) is 14.5. The summed E-state index contributed by atoms with van der Waals surface area (Å²) in [5, 5.41) is 7.63. The number of fused-ring (bicyclic) bond motifs is 1. The Morgan fingerprint density at radius 1 is 1.30 bits per heavy atom. The molecular weight excluding hydrogens is 328 g/mol. The van der Waals surface area contributed by atoms with Gasteiger partial charge in [-0.2, -0.15) is 0 Å². The molecule has 3 rings (SSSR count). The highest BCUT2D eigenvalue weighted by Gasteiger charge is 2.27. The third kappa shape index (κ3) is 3.54. The molecule has 2 aromatic rings. The molecule has 120 valence electrons. The summed E-state index contributed by atoms with van der Waals surface area (Å²) in [7, 11) is 1.41. The second-order valence-corrected chi connectivity index (χ2v) is 6.86. The van der Waals surface area contributed by atoms with Crippen LogP contribution >= 0.6 is 23.6 Å². The topological polar surface area (TPSA) is 50.4 Å². The number of rotatable bonds is 4. The van der Waals surface area contributed by atoms with Gasteiger partial charge in [-0.3, -0.25) is 0 Å². The zero-order chi connectivity index (χ0) is 16.2. The number of nitrogens with one attached hydrogen (secondary N) is 2. The quantitative estimate of drug-likeness (QED) is 0.655. The fourth-order valence-electron chi connectivity index (χ4n) is 2.74. The molecule has 0 saturated heterocycles. The van der Waals surface area contributed by atoms with E-state index in [1.165, 1.54) is 12.0 Å². The first-order valence-electron chi connectivity index (χ1n) is 7.50. The molecular formula is C17H18N2O2S2. The average Bonchev–Trinajstić information content (AvgIpc) is 3.14. The van der Waals surface area contributed by atoms with Crippen molar-refractivity contribution in [3.05, 3.63) is 51.9 Å². The zero-order valence-electron chi connectivity index (χ0n) is 12.8.